The molecule has 0 amide bonds. The molecule has 4 aliphatic heterocycles. The molecule has 40 heavy (non-hydrogen) atoms. The lowest BCUT2D eigenvalue weighted by Gasteiger charge is -2.50. The summed E-state index contributed by atoms with van der Waals surface area (Å²) in [5.74, 6) is 2.04. The Morgan fingerprint density at radius 3 is 2.48 bits per heavy atom. The minimum Gasteiger partial charge on any atom is -0.298 e. The van der Waals surface area contributed by atoms with Crippen molar-refractivity contribution in [1.82, 2.24) is 25.2 Å². The minimum absolute atomic E-state index is 0.225. The van der Waals surface area contributed by atoms with E-state index in [2.05, 4.69) is 104 Å². The van der Waals surface area contributed by atoms with Crippen LogP contribution >= 0.6 is 11.9 Å². The molecule has 4 heterocycles. The molecule has 0 saturated carbocycles. The molecule has 4 aliphatic rings. The lowest BCUT2D eigenvalue weighted by Crippen LogP contribution is -2.63. The number of nitrogens with one attached hydrogen (secondary N) is 3. The first-order chi connectivity index (χ1) is 19.0. The highest BCUT2D eigenvalue weighted by Gasteiger charge is 2.47. The van der Waals surface area contributed by atoms with E-state index < -0.39 is 0 Å². The number of hydrogen-bond donors (Lipinski definition) is 3. The highest BCUT2D eigenvalue weighted by molar-refractivity contribution is 7.98. The van der Waals surface area contributed by atoms with Crippen molar-refractivity contribution in [2.45, 2.75) is 135 Å². The smallest absolute Gasteiger partial charge is 0.0690 e. The number of nitrogens with zero attached hydrogens (tertiary/aromatic N) is 2. The number of hydrogen-bond acceptors (Lipinski definition) is 6. The Balaban J connectivity index is 1.45. The van der Waals surface area contributed by atoms with Crippen LogP contribution in [-0.4, -0.2) is 58.7 Å². The molecular formula is C34H59N5S. The van der Waals surface area contributed by atoms with Crippen molar-refractivity contribution in [3.8, 4) is 0 Å². The second-order valence-corrected chi connectivity index (χ2v) is 16.7. The summed E-state index contributed by atoms with van der Waals surface area (Å²) < 4.78 is 3.92. The molecule has 5 rings (SSSR count). The Morgan fingerprint density at radius 1 is 0.975 bits per heavy atom. The molecule has 1 aromatic carbocycles. The zero-order chi connectivity index (χ0) is 28.5. The number of piperidine rings is 2. The lowest BCUT2D eigenvalue weighted by molar-refractivity contribution is 0.00546. The Morgan fingerprint density at radius 2 is 1.75 bits per heavy atom. The van der Waals surface area contributed by atoms with E-state index in [1.54, 1.807) is 0 Å². The molecule has 0 aromatic heterocycles. The molecule has 1 aromatic rings. The third kappa shape index (κ3) is 7.29. The van der Waals surface area contributed by atoms with Crippen LogP contribution in [0.3, 0.4) is 0 Å². The Bertz CT molecular complexity index is 930. The van der Waals surface area contributed by atoms with Gasteiger partial charge in [0.05, 0.1) is 17.7 Å². The SMILES string of the molecule is CC(C)CN1C2CCCC(N2)SNCC2CCC(C(C)(C)C)NC2N2C[C@@H](CCC1c1ccccc1)CC2(C)C. The summed E-state index contributed by atoms with van der Waals surface area (Å²) in [5, 5.41) is 8.83. The first-order valence-electron chi connectivity index (χ1n) is 16.5. The first-order valence-corrected chi connectivity index (χ1v) is 17.4. The van der Waals surface area contributed by atoms with Crippen LogP contribution in [0.2, 0.25) is 0 Å². The molecule has 6 heteroatoms. The first kappa shape index (κ1) is 30.8. The summed E-state index contributed by atoms with van der Waals surface area (Å²) in [6, 6.07) is 12.5. The maximum absolute atomic E-state index is 4.23. The van der Waals surface area contributed by atoms with Crippen LogP contribution in [-0.2, 0) is 0 Å². The van der Waals surface area contributed by atoms with Crippen molar-refractivity contribution in [3.05, 3.63) is 35.9 Å². The topological polar surface area (TPSA) is 42.6 Å². The van der Waals surface area contributed by atoms with E-state index in [4.69, 9.17) is 0 Å². The van der Waals surface area contributed by atoms with Crippen LogP contribution in [0.4, 0.5) is 0 Å². The predicted molar refractivity (Wildman–Crippen MR) is 172 cm³/mol. The predicted octanol–water partition coefficient (Wildman–Crippen LogP) is 6.98. The summed E-state index contributed by atoms with van der Waals surface area (Å²) in [4.78, 5) is 5.76. The molecule has 0 radical (unpaired) electrons. The van der Waals surface area contributed by atoms with Gasteiger partial charge in [0.1, 0.15) is 0 Å². The second kappa shape index (κ2) is 12.9. The monoisotopic (exact) mass is 569 g/mol. The summed E-state index contributed by atoms with van der Waals surface area (Å²) in [5.41, 5.74) is 2.01. The van der Waals surface area contributed by atoms with Gasteiger partial charge in [0, 0.05) is 43.2 Å². The molecule has 8 atom stereocenters. The van der Waals surface area contributed by atoms with Crippen LogP contribution in [0.1, 0.15) is 111 Å². The fourth-order valence-corrected chi connectivity index (χ4v) is 9.30. The van der Waals surface area contributed by atoms with Gasteiger partial charge >= 0.3 is 0 Å². The number of rotatable bonds is 3. The van der Waals surface area contributed by atoms with Gasteiger partial charge in [0.15, 0.2) is 0 Å². The van der Waals surface area contributed by atoms with Crippen LogP contribution in [0.25, 0.3) is 0 Å². The highest BCUT2D eigenvalue weighted by atomic mass is 32.2. The summed E-state index contributed by atoms with van der Waals surface area (Å²) >= 11 is 1.97. The van der Waals surface area contributed by atoms with Gasteiger partial charge < -0.3 is 0 Å². The lowest BCUT2D eigenvalue weighted by atomic mass is 9.78. The third-order valence-electron chi connectivity index (χ3n) is 10.3. The molecule has 5 nitrogen and oxygen atoms in total. The average Bonchev–Trinajstić information content (AvgIpc) is 3.21. The summed E-state index contributed by atoms with van der Waals surface area (Å²) in [6.45, 7) is 20.5. The van der Waals surface area contributed by atoms with E-state index in [-0.39, 0.29) is 11.0 Å². The van der Waals surface area contributed by atoms with Gasteiger partial charge in [0.25, 0.3) is 0 Å². The van der Waals surface area contributed by atoms with E-state index >= 15 is 0 Å². The van der Waals surface area contributed by atoms with Crippen molar-refractivity contribution in [3.63, 3.8) is 0 Å². The van der Waals surface area contributed by atoms with Crippen molar-refractivity contribution in [2.24, 2.45) is 23.2 Å². The fourth-order valence-electron chi connectivity index (χ4n) is 8.28. The van der Waals surface area contributed by atoms with E-state index in [0.29, 0.717) is 41.6 Å². The number of fused-ring (bicyclic) bond motifs is 6. The van der Waals surface area contributed by atoms with Crippen LogP contribution in [0, 0.1) is 23.2 Å². The normalized spacial score (nSPS) is 37.9. The molecule has 3 N–H and O–H groups in total. The van der Waals surface area contributed by atoms with Gasteiger partial charge in [-0.3, -0.25) is 25.2 Å². The van der Waals surface area contributed by atoms with Crippen molar-refractivity contribution in [2.75, 3.05) is 19.6 Å². The Labute approximate surface area is 250 Å². The third-order valence-corrected chi connectivity index (χ3v) is 11.3. The van der Waals surface area contributed by atoms with Gasteiger partial charge in [-0.1, -0.05) is 76.9 Å². The van der Waals surface area contributed by atoms with Crippen molar-refractivity contribution < 1.29 is 0 Å². The zero-order valence-electron chi connectivity index (χ0n) is 26.6. The maximum atomic E-state index is 4.23. The molecule has 0 aliphatic carbocycles. The van der Waals surface area contributed by atoms with E-state index in [9.17, 15) is 0 Å². The highest BCUT2D eigenvalue weighted by Crippen LogP contribution is 2.43. The molecule has 4 bridgehead atoms. The van der Waals surface area contributed by atoms with Gasteiger partial charge in [-0.2, -0.15) is 0 Å². The quantitative estimate of drug-likeness (QED) is 0.341. The Hall–Kier alpha value is -0.630. The van der Waals surface area contributed by atoms with Crippen LogP contribution < -0.4 is 15.4 Å². The molecule has 7 unspecified atom stereocenters. The minimum atomic E-state index is 0.225. The second-order valence-electron chi connectivity index (χ2n) is 15.6. The van der Waals surface area contributed by atoms with Gasteiger partial charge in [-0.05, 0) is 88.0 Å². The van der Waals surface area contributed by atoms with Gasteiger partial charge in [0.2, 0.25) is 0 Å². The largest absolute Gasteiger partial charge is 0.298 e. The van der Waals surface area contributed by atoms with Gasteiger partial charge in [-0.25, -0.2) is 0 Å². The fraction of sp³-hybridized carbons (Fsp3) is 0.824. The number of benzene rings is 1. The van der Waals surface area contributed by atoms with Gasteiger partial charge in [-0.15, -0.1) is 0 Å². The molecule has 0 spiro atoms. The summed E-state index contributed by atoms with van der Waals surface area (Å²) in [6.07, 6.45) is 11.1. The molecular weight excluding hydrogens is 510 g/mol. The van der Waals surface area contributed by atoms with Crippen molar-refractivity contribution >= 4 is 11.9 Å². The standard InChI is InChI=1S/C34H59N5S/c1-24(2)22-38-28(26-12-9-8-10-13-26)18-16-25-20-34(6,7)39(23-25)32-27(17-19-29(36-32)33(3,4)5)21-35-40-31-15-11-14-30(38)37-31/h8-10,12-13,24-25,27-32,35-37H,11,14-23H2,1-7H3/t25-,27?,28?,29?,30?,31?,32?/m0/s1. The van der Waals surface area contributed by atoms with E-state index in [1.165, 1.54) is 63.5 Å². The average molecular weight is 570 g/mol. The van der Waals surface area contributed by atoms with E-state index in [0.717, 1.165) is 19.0 Å². The molecule has 4 fully saturated rings. The van der Waals surface area contributed by atoms with E-state index in [1.807, 2.05) is 11.9 Å². The Kier molecular flexibility index (Phi) is 9.96. The zero-order valence-corrected chi connectivity index (χ0v) is 27.4. The molecule has 4 saturated heterocycles. The molecule has 226 valence electrons. The van der Waals surface area contributed by atoms with Crippen LogP contribution in [0.5, 0.6) is 0 Å². The maximum Gasteiger partial charge on any atom is 0.0690 e. The summed E-state index contributed by atoms with van der Waals surface area (Å²) in [7, 11) is 0. The van der Waals surface area contributed by atoms with Crippen LogP contribution in [0.15, 0.2) is 30.3 Å². The van der Waals surface area contributed by atoms with Crippen molar-refractivity contribution in [1.29, 1.82) is 0 Å².